The lowest BCUT2D eigenvalue weighted by Gasteiger charge is -2.31. The Hall–Kier alpha value is -3.09. The molecule has 1 aromatic carbocycles. The number of para-hydroxylation sites is 1. The number of rotatable bonds is 3. The summed E-state index contributed by atoms with van der Waals surface area (Å²) < 4.78 is 1.75. The molecule has 3 aromatic rings. The third kappa shape index (κ3) is 3.40. The van der Waals surface area contributed by atoms with Crippen molar-refractivity contribution in [1.29, 1.82) is 0 Å². The number of imidazole rings is 1. The molecule has 1 aliphatic rings. The molecule has 1 fully saturated rings. The fraction of sp³-hybridized carbons (Fsp3) is 0.278. The Morgan fingerprint density at radius 2 is 2.16 bits per heavy atom. The lowest BCUT2D eigenvalue weighted by molar-refractivity contribution is 0.191. The summed E-state index contributed by atoms with van der Waals surface area (Å²) in [6, 6.07) is 9.72. The number of nitrogens with zero attached hydrogens (tertiary/aromatic N) is 4. The first-order chi connectivity index (χ1) is 12.3. The molecule has 0 spiro atoms. The number of H-pyrrole nitrogens is 1. The van der Waals surface area contributed by atoms with Crippen molar-refractivity contribution in [2.24, 2.45) is 0 Å². The molecular formula is C18H20N6O. The van der Waals surface area contributed by atoms with E-state index in [0.29, 0.717) is 12.2 Å². The molecule has 3 heterocycles. The number of carbonyl (C=O) groups is 1. The highest BCUT2D eigenvalue weighted by Gasteiger charge is 2.26. The highest BCUT2D eigenvalue weighted by Crippen LogP contribution is 2.24. The molecule has 7 nitrogen and oxygen atoms in total. The van der Waals surface area contributed by atoms with Crippen molar-refractivity contribution in [2.75, 3.05) is 18.4 Å². The number of amides is 2. The van der Waals surface area contributed by atoms with E-state index in [1.54, 1.807) is 17.1 Å². The molecule has 2 aromatic heterocycles. The Labute approximate surface area is 145 Å². The van der Waals surface area contributed by atoms with Crippen molar-refractivity contribution in [3.8, 4) is 5.69 Å². The van der Waals surface area contributed by atoms with E-state index >= 15 is 0 Å². The van der Waals surface area contributed by atoms with Crippen LogP contribution < -0.4 is 5.32 Å². The van der Waals surface area contributed by atoms with Gasteiger partial charge in [-0.25, -0.2) is 14.5 Å². The average Bonchev–Trinajstić information content (AvgIpc) is 3.35. The van der Waals surface area contributed by atoms with E-state index in [9.17, 15) is 4.79 Å². The zero-order valence-corrected chi connectivity index (χ0v) is 13.8. The van der Waals surface area contributed by atoms with Crippen LogP contribution >= 0.6 is 0 Å². The highest BCUT2D eigenvalue weighted by atomic mass is 16.2. The normalized spacial score (nSPS) is 17.4. The van der Waals surface area contributed by atoms with Crippen LogP contribution in [0, 0.1) is 0 Å². The van der Waals surface area contributed by atoms with Crippen LogP contribution in [0.4, 0.5) is 10.5 Å². The van der Waals surface area contributed by atoms with E-state index in [1.807, 2.05) is 47.6 Å². The largest absolute Gasteiger partial charge is 0.348 e. The standard InChI is InChI=1S/C18H20N6O/c25-18(23-10-4-5-14(12-23)17-19-8-9-20-17)22-15-11-21-24(13-15)16-6-2-1-3-7-16/h1-3,6-9,11,13-14H,4-5,10,12H2,(H,19,20)(H,22,25)/t14-/m0/s1. The van der Waals surface area contributed by atoms with Gasteiger partial charge in [0.1, 0.15) is 5.82 Å². The van der Waals surface area contributed by atoms with E-state index in [4.69, 9.17) is 0 Å². The molecule has 1 aliphatic heterocycles. The lowest BCUT2D eigenvalue weighted by Crippen LogP contribution is -2.41. The van der Waals surface area contributed by atoms with Gasteiger partial charge in [-0.15, -0.1) is 0 Å². The molecule has 25 heavy (non-hydrogen) atoms. The minimum absolute atomic E-state index is 0.0936. The number of anilines is 1. The number of nitrogens with one attached hydrogen (secondary N) is 2. The van der Waals surface area contributed by atoms with E-state index in [2.05, 4.69) is 20.4 Å². The molecular weight excluding hydrogens is 316 g/mol. The molecule has 2 amide bonds. The maximum atomic E-state index is 12.6. The van der Waals surface area contributed by atoms with Crippen molar-refractivity contribution in [3.05, 3.63) is 60.9 Å². The first kappa shape index (κ1) is 15.4. The average molecular weight is 336 g/mol. The zero-order valence-electron chi connectivity index (χ0n) is 13.8. The summed E-state index contributed by atoms with van der Waals surface area (Å²) in [5.74, 6) is 1.22. The summed E-state index contributed by atoms with van der Waals surface area (Å²) >= 11 is 0. The predicted octanol–water partition coefficient (Wildman–Crippen LogP) is 3.01. The number of urea groups is 1. The number of likely N-dealkylation sites (tertiary alicyclic amines) is 1. The monoisotopic (exact) mass is 336 g/mol. The number of aromatic nitrogens is 4. The highest BCUT2D eigenvalue weighted by molar-refractivity contribution is 5.89. The predicted molar refractivity (Wildman–Crippen MR) is 94.7 cm³/mol. The van der Waals surface area contributed by atoms with Crippen LogP contribution in [0.3, 0.4) is 0 Å². The number of benzene rings is 1. The molecule has 1 atom stereocenters. The Balaban J connectivity index is 1.41. The summed E-state index contributed by atoms with van der Waals surface area (Å²) in [6.07, 6.45) is 9.09. The van der Waals surface area contributed by atoms with E-state index < -0.39 is 0 Å². The quantitative estimate of drug-likeness (QED) is 0.772. The van der Waals surface area contributed by atoms with Crippen LogP contribution in [0.2, 0.25) is 0 Å². The first-order valence-corrected chi connectivity index (χ1v) is 8.45. The van der Waals surface area contributed by atoms with Crippen LogP contribution in [0.1, 0.15) is 24.6 Å². The summed E-state index contributed by atoms with van der Waals surface area (Å²) in [5.41, 5.74) is 1.65. The van der Waals surface area contributed by atoms with Gasteiger partial charge < -0.3 is 15.2 Å². The molecule has 2 N–H and O–H groups in total. The van der Waals surface area contributed by atoms with Gasteiger partial charge in [0, 0.05) is 31.4 Å². The van der Waals surface area contributed by atoms with Crippen molar-refractivity contribution in [2.45, 2.75) is 18.8 Å². The second-order valence-corrected chi connectivity index (χ2v) is 6.20. The third-order valence-corrected chi connectivity index (χ3v) is 4.47. The second-order valence-electron chi connectivity index (χ2n) is 6.20. The smallest absolute Gasteiger partial charge is 0.321 e. The summed E-state index contributed by atoms with van der Waals surface area (Å²) in [7, 11) is 0. The molecule has 0 unspecified atom stereocenters. The number of piperidine rings is 1. The van der Waals surface area contributed by atoms with Crippen molar-refractivity contribution in [1.82, 2.24) is 24.6 Å². The minimum Gasteiger partial charge on any atom is -0.348 e. The molecule has 0 radical (unpaired) electrons. The van der Waals surface area contributed by atoms with Gasteiger partial charge in [-0.05, 0) is 25.0 Å². The van der Waals surface area contributed by atoms with Crippen molar-refractivity contribution in [3.63, 3.8) is 0 Å². The van der Waals surface area contributed by atoms with Crippen LogP contribution in [0.5, 0.6) is 0 Å². The molecule has 0 saturated carbocycles. The van der Waals surface area contributed by atoms with Gasteiger partial charge in [-0.1, -0.05) is 18.2 Å². The van der Waals surface area contributed by atoms with Crippen LogP contribution in [0.25, 0.3) is 5.69 Å². The minimum atomic E-state index is -0.0936. The van der Waals surface area contributed by atoms with Crippen LogP contribution in [-0.2, 0) is 0 Å². The lowest BCUT2D eigenvalue weighted by atomic mass is 9.98. The fourth-order valence-electron chi connectivity index (χ4n) is 3.20. The maximum Gasteiger partial charge on any atom is 0.321 e. The number of hydrogen-bond donors (Lipinski definition) is 2. The molecule has 4 rings (SSSR count). The third-order valence-electron chi connectivity index (χ3n) is 4.47. The molecule has 0 aliphatic carbocycles. The van der Waals surface area contributed by atoms with Gasteiger partial charge in [0.2, 0.25) is 0 Å². The second kappa shape index (κ2) is 6.80. The topological polar surface area (TPSA) is 78.8 Å². The Bertz CT molecular complexity index is 826. The zero-order chi connectivity index (χ0) is 17.1. The van der Waals surface area contributed by atoms with Crippen LogP contribution in [0.15, 0.2) is 55.1 Å². The maximum absolute atomic E-state index is 12.6. The molecule has 0 bridgehead atoms. The summed E-state index contributed by atoms with van der Waals surface area (Å²) in [5, 5.41) is 7.25. The summed E-state index contributed by atoms with van der Waals surface area (Å²) in [4.78, 5) is 21.9. The van der Waals surface area contributed by atoms with Crippen molar-refractivity contribution < 1.29 is 4.79 Å². The molecule has 7 heteroatoms. The first-order valence-electron chi connectivity index (χ1n) is 8.45. The number of hydrogen-bond acceptors (Lipinski definition) is 3. The Kier molecular flexibility index (Phi) is 4.20. The van der Waals surface area contributed by atoms with Crippen molar-refractivity contribution >= 4 is 11.7 Å². The van der Waals surface area contributed by atoms with Gasteiger partial charge in [-0.3, -0.25) is 0 Å². The van der Waals surface area contributed by atoms with E-state index in [-0.39, 0.29) is 11.9 Å². The van der Waals surface area contributed by atoms with Gasteiger partial charge in [0.15, 0.2) is 0 Å². The van der Waals surface area contributed by atoms with E-state index in [0.717, 1.165) is 30.9 Å². The summed E-state index contributed by atoms with van der Waals surface area (Å²) in [6.45, 7) is 1.43. The van der Waals surface area contributed by atoms with Gasteiger partial charge in [0.05, 0.1) is 23.8 Å². The van der Waals surface area contributed by atoms with Crippen LogP contribution in [-0.4, -0.2) is 43.8 Å². The fourth-order valence-corrected chi connectivity index (χ4v) is 3.20. The molecule has 128 valence electrons. The SMILES string of the molecule is O=C(Nc1cnn(-c2ccccc2)c1)N1CCC[C@H](c2ncc[nH]2)C1. The van der Waals surface area contributed by atoms with Gasteiger partial charge in [0.25, 0.3) is 0 Å². The number of carbonyl (C=O) groups excluding carboxylic acids is 1. The van der Waals surface area contributed by atoms with Gasteiger partial charge >= 0.3 is 6.03 Å². The van der Waals surface area contributed by atoms with E-state index in [1.165, 1.54) is 0 Å². The van der Waals surface area contributed by atoms with Gasteiger partial charge in [-0.2, -0.15) is 5.10 Å². The Morgan fingerprint density at radius 1 is 1.28 bits per heavy atom. The number of aromatic amines is 1. The molecule has 1 saturated heterocycles. The Morgan fingerprint density at radius 3 is 2.96 bits per heavy atom.